The molecule has 2 N–H and O–H groups in total. The monoisotopic (exact) mass is 289 g/mol. The van der Waals surface area contributed by atoms with E-state index in [9.17, 15) is 0 Å². The van der Waals surface area contributed by atoms with Gasteiger partial charge in [-0.15, -0.1) is 22.7 Å². The van der Waals surface area contributed by atoms with Crippen molar-refractivity contribution in [2.75, 3.05) is 0 Å². The van der Waals surface area contributed by atoms with Crippen LogP contribution in [-0.4, -0.2) is 16.0 Å². The molecule has 2 aromatic heterocycles. The molecule has 1 atom stereocenters. The summed E-state index contributed by atoms with van der Waals surface area (Å²) in [5, 5.41) is 4.17. The summed E-state index contributed by atoms with van der Waals surface area (Å²) in [5.41, 5.74) is 7.99. The summed E-state index contributed by atoms with van der Waals surface area (Å²) in [5.74, 6) is 0. The lowest BCUT2D eigenvalue weighted by Crippen LogP contribution is -2.21. The Morgan fingerprint density at radius 1 is 1.26 bits per heavy atom. The van der Waals surface area contributed by atoms with E-state index >= 15 is 0 Å². The van der Waals surface area contributed by atoms with Crippen molar-refractivity contribution in [3.8, 4) is 10.7 Å². The second kappa shape index (κ2) is 5.36. The van der Waals surface area contributed by atoms with E-state index in [2.05, 4.69) is 28.3 Å². The first-order valence-electron chi connectivity index (χ1n) is 6.32. The molecule has 0 saturated heterocycles. The molecule has 0 aliphatic carbocycles. The largest absolute Gasteiger partial charge is 0.327 e. The molecule has 1 aromatic carbocycles. The molecule has 0 radical (unpaired) electrons. The third kappa shape index (κ3) is 2.68. The molecule has 5 heteroatoms. The summed E-state index contributed by atoms with van der Waals surface area (Å²) in [4.78, 5) is 9.28. The number of fused-ring (bicyclic) bond motifs is 1. The maximum absolute atomic E-state index is 5.97. The van der Waals surface area contributed by atoms with E-state index in [0.29, 0.717) is 0 Å². The van der Waals surface area contributed by atoms with Crippen LogP contribution >= 0.6 is 22.7 Å². The maximum Gasteiger partial charge on any atom is 0.143 e. The van der Waals surface area contributed by atoms with Gasteiger partial charge in [0.15, 0.2) is 0 Å². The predicted molar refractivity (Wildman–Crippen MR) is 82.7 cm³/mol. The van der Waals surface area contributed by atoms with Crippen LogP contribution in [0.25, 0.3) is 20.9 Å². The summed E-state index contributed by atoms with van der Waals surface area (Å²) in [6, 6.07) is 8.39. The van der Waals surface area contributed by atoms with Gasteiger partial charge in [0.2, 0.25) is 0 Å². The van der Waals surface area contributed by atoms with Crippen LogP contribution in [0.2, 0.25) is 0 Å². The molecule has 19 heavy (non-hydrogen) atoms. The van der Waals surface area contributed by atoms with E-state index in [-0.39, 0.29) is 6.04 Å². The summed E-state index contributed by atoms with van der Waals surface area (Å²) in [7, 11) is 0. The SMILES string of the molecule is CCC(N)Cc1nc(-c2nc3ccccc3s2)cs1. The topological polar surface area (TPSA) is 51.8 Å². The molecule has 0 spiro atoms. The van der Waals surface area contributed by atoms with E-state index in [0.717, 1.165) is 34.1 Å². The van der Waals surface area contributed by atoms with E-state index in [1.165, 1.54) is 4.70 Å². The fraction of sp³-hybridized carbons (Fsp3) is 0.286. The van der Waals surface area contributed by atoms with E-state index in [1.54, 1.807) is 22.7 Å². The fourth-order valence-corrected chi connectivity index (χ4v) is 3.73. The van der Waals surface area contributed by atoms with Gasteiger partial charge >= 0.3 is 0 Å². The van der Waals surface area contributed by atoms with Crippen molar-refractivity contribution in [1.82, 2.24) is 9.97 Å². The van der Waals surface area contributed by atoms with Gasteiger partial charge in [0.05, 0.1) is 15.2 Å². The normalized spacial score (nSPS) is 12.9. The molecule has 3 aromatic rings. The molecule has 0 fully saturated rings. The lowest BCUT2D eigenvalue weighted by Gasteiger charge is -2.04. The summed E-state index contributed by atoms with van der Waals surface area (Å²) >= 11 is 3.36. The first kappa shape index (κ1) is 12.7. The van der Waals surface area contributed by atoms with Crippen molar-refractivity contribution in [3.05, 3.63) is 34.7 Å². The molecule has 2 heterocycles. The van der Waals surface area contributed by atoms with Crippen molar-refractivity contribution in [1.29, 1.82) is 0 Å². The molecule has 1 unspecified atom stereocenters. The van der Waals surface area contributed by atoms with Crippen LogP contribution in [0, 0.1) is 0 Å². The second-order valence-corrected chi connectivity index (χ2v) is 6.46. The minimum Gasteiger partial charge on any atom is -0.327 e. The average Bonchev–Trinajstić information content (AvgIpc) is 3.04. The molecule has 3 rings (SSSR count). The molecule has 0 aliphatic rings. The molecule has 0 saturated carbocycles. The molecular weight excluding hydrogens is 274 g/mol. The number of aromatic nitrogens is 2. The van der Waals surface area contributed by atoms with Gasteiger partial charge < -0.3 is 5.73 Å². The van der Waals surface area contributed by atoms with E-state index in [4.69, 9.17) is 5.73 Å². The lowest BCUT2D eigenvalue weighted by molar-refractivity contribution is 0.644. The third-order valence-electron chi connectivity index (χ3n) is 3.03. The highest BCUT2D eigenvalue weighted by Crippen LogP contribution is 2.30. The second-order valence-electron chi connectivity index (χ2n) is 4.49. The lowest BCUT2D eigenvalue weighted by atomic mass is 10.2. The molecule has 0 amide bonds. The number of thiazole rings is 2. The van der Waals surface area contributed by atoms with Crippen LogP contribution in [0.4, 0.5) is 0 Å². The Kier molecular flexibility index (Phi) is 3.59. The first-order chi connectivity index (χ1) is 9.26. The molecular formula is C14H15N3S2. The molecule has 3 nitrogen and oxygen atoms in total. The smallest absolute Gasteiger partial charge is 0.143 e. The van der Waals surface area contributed by atoms with Crippen LogP contribution in [0.15, 0.2) is 29.6 Å². The number of hydrogen-bond acceptors (Lipinski definition) is 5. The summed E-state index contributed by atoms with van der Waals surface area (Å²) in [6.07, 6.45) is 1.84. The van der Waals surface area contributed by atoms with Gasteiger partial charge in [-0.3, -0.25) is 0 Å². The number of nitrogens with two attached hydrogens (primary N) is 1. The summed E-state index contributed by atoms with van der Waals surface area (Å²) < 4.78 is 1.21. The zero-order valence-corrected chi connectivity index (χ0v) is 12.3. The molecule has 98 valence electrons. The highest BCUT2D eigenvalue weighted by molar-refractivity contribution is 7.21. The Morgan fingerprint density at radius 2 is 2.11 bits per heavy atom. The van der Waals surface area contributed by atoms with E-state index < -0.39 is 0 Å². The number of benzene rings is 1. The quantitative estimate of drug-likeness (QED) is 0.796. The van der Waals surface area contributed by atoms with Crippen molar-refractivity contribution >= 4 is 32.9 Å². The van der Waals surface area contributed by atoms with Crippen LogP contribution in [0.1, 0.15) is 18.4 Å². The summed E-state index contributed by atoms with van der Waals surface area (Å²) in [6.45, 7) is 2.10. The zero-order chi connectivity index (χ0) is 13.2. The molecule has 0 bridgehead atoms. The average molecular weight is 289 g/mol. The fourth-order valence-electron chi connectivity index (χ4n) is 1.85. The van der Waals surface area contributed by atoms with Crippen molar-refractivity contribution < 1.29 is 0 Å². The Hall–Kier alpha value is -1.30. The van der Waals surface area contributed by atoms with Crippen molar-refractivity contribution in [3.63, 3.8) is 0 Å². The van der Waals surface area contributed by atoms with Gasteiger partial charge in [-0.05, 0) is 18.6 Å². The zero-order valence-electron chi connectivity index (χ0n) is 10.7. The number of para-hydroxylation sites is 1. The minimum absolute atomic E-state index is 0.203. The van der Waals surface area contributed by atoms with Gasteiger partial charge in [0.25, 0.3) is 0 Å². The highest BCUT2D eigenvalue weighted by Gasteiger charge is 2.11. The highest BCUT2D eigenvalue weighted by atomic mass is 32.1. The van der Waals surface area contributed by atoms with Crippen LogP contribution in [-0.2, 0) is 6.42 Å². The Balaban J connectivity index is 1.89. The number of rotatable bonds is 4. The predicted octanol–water partition coefficient (Wildman–Crippen LogP) is 3.70. The van der Waals surface area contributed by atoms with Gasteiger partial charge in [0.1, 0.15) is 10.7 Å². The minimum atomic E-state index is 0.203. The van der Waals surface area contributed by atoms with Gasteiger partial charge in [-0.2, -0.15) is 0 Å². The van der Waals surface area contributed by atoms with Gasteiger partial charge in [-0.25, -0.2) is 9.97 Å². The standard InChI is InChI=1S/C14H15N3S2/c1-2-9(15)7-13-16-11(8-18-13)14-17-10-5-3-4-6-12(10)19-14/h3-6,8-9H,2,7,15H2,1H3. The van der Waals surface area contributed by atoms with Gasteiger partial charge in [0, 0.05) is 17.8 Å². The Morgan fingerprint density at radius 3 is 2.89 bits per heavy atom. The number of nitrogens with zero attached hydrogens (tertiary/aromatic N) is 2. The Bertz CT molecular complexity index is 654. The maximum atomic E-state index is 5.97. The van der Waals surface area contributed by atoms with Crippen molar-refractivity contribution in [2.24, 2.45) is 5.73 Å². The molecule has 0 aliphatic heterocycles. The van der Waals surface area contributed by atoms with Crippen LogP contribution in [0.5, 0.6) is 0 Å². The first-order valence-corrected chi connectivity index (χ1v) is 8.02. The van der Waals surface area contributed by atoms with E-state index in [1.807, 2.05) is 18.2 Å². The Labute approximate surface area is 120 Å². The van der Waals surface area contributed by atoms with Crippen LogP contribution in [0.3, 0.4) is 0 Å². The number of hydrogen-bond donors (Lipinski definition) is 1. The van der Waals surface area contributed by atoms with Gasteiger partial charge in [-0.1, -0.05) is 19.1 Å². The van der Waals surface area contributed by atoms with Crippen molar-refractivity contribution in [2.45, 2.75) is 25.8 Å². The third-order valence-corrected chi connectivity index (χ3v) is 4.96. The van der Waals surface area contributed by atoms with Crippen LogP contribution < -0.4 is 5.73 Å².